The Bertz CT molecular complexity index is 4390. The van der Waals surface area contributed by atoms with Crippen LogP contribution in [0.4, 0.5) is 17.1 Å². The number of rotatable bonds is 10. The predicted octanol–water partition coefficient (Wildman–Crippen LogP) is 20.6. The maximum atomic E-state index is 2.46. The molecular weight excluding hydrogens is 917 g/mol. The van der Waals surface area contributed by atoms with Crippen LogP contribution in [0.3, 0.4) is 0 Å². The van der Waals surface area contributed by atoms with Crippen molar-refractivity contribution < 1.29 is 0 Å². The molecule has 0 aliphatic carbocycles. The van der Waals surface area contributed by atoms with Crippen LogP contribution in [0, 0.1) is 0 Å². The quantitative estimate of drug-likeness (QED) is 0.124. The fourth-order valence-corrected chi connectivity index (χ4v) is 11.4. The highest BCUT2D eigenvalue weighted by Gasteiger charge is 2.21. The van der Waals surface area contributed by atoms with Crippen LogP contribution >= 0.6 is 0 Å². The molecule has 13 aromatic carbocycles. The normalized spacial score (nSPS) is 11.4. The van der Waals surface area contributed by atoms with Gasteiger partial charge < -0.3 is 9.47 Å². The molecule has 0 aliphatic rings. The van der Waals surface area contributed by atoms with E-state index in [2.05, 4.69) is 313 Å². The van der Waals surface area contributed by atoms with E-state index >= 15 is 0 Å². The minimum Gasteiger partial charge on any atom is -0.310 e. The lowest BCUT2D eigenvalue weighted by atomic mass is 9.93. The molecule has 356 valence electrons. The van der Waals surface area contributed by atoms with E-state index in [4.69, 9.17) is 0 Å². The molecule has 0 N–H and O–H groups in total. The van der Waals surface area contributed by atoms with Crippen molar-refractivity contribution in [2.75, 3.05) is 4.90 Å². The fraction of sp³-hybridized carbons (Fsp3) is 0. The van der Waals surface area contributed by atoms with Crippen LogP contribution in [0.25, 0.3) is 116 Å². The molecular formula is C74H50N2. The molecule has 76 heavy (non-hydrogen) atoms. The van der Waals surface area contributed by atoms with Gasteiger partial charge in [0, 0.05) is 33.5 Å². The van der Waals surface area contributed by atoms with Crippen LogP contribution in [0.1, 0.15) is 0 Å². The van der Waals surface area contributed by atoms with Gasteiger partial charge in [0.15, 0.2) is 0 Å². The Morgan fingerprint density at radius 3 is 1.29 bits per heavy atom. The van der Waals surface area contributed by atoms with Gasteiger partial charge in [0.25, 0.3) is 0 Å². The molecule has 0 amide bonds. The Morgan fingerprint density at radius 1 is 0.224 bits per heavy atom. The molecule has 2 nitrogen and oxygen atoms in total. The van der Waals surface area contributed by atoms with Gasteiger partial charge in [-0.15, -0.1) is 0 Å². The van der Waals surface area contributed by atoms with Gasteiger partial charge in [-0.05, 0) is 161 Å². The van der Waals surface area contributed by atoms with Crippen LogP contribution in [-0.2, 0) is 0 Å². The maximum Gasteiger partial charge on any atom is 0.0553 e. The van der Waals surface area contributed by atoms with E-state index in [1.807, 2.05) is 0 Å². The van der Waals surface area contributed by atoms with Crippen molar-refractivity contribution in [3.8, 4) is 72.4 Å². The number of benzene rings is 13. The molecule has 0 radical (unpaired) electrons. The molecule has 0 fully saturated rings. The largest absolute Gasteiger partial charge is 0.310 e. The Hall–Kier alpha value is -10.0. The van der Waals surface area contributed by atoms with Crippen LogP contribution in [0.5, 0.6) is 0 Å². The predicted molar refractivity (Wildman–Crippen MR) is 323 cm³/mol. The average molecular weight is 967 g/mol. The summed E-state index contributed by atoms with van der Waals surface area (Å²) in [6.45, 7) is 0. The van der Waals surface area contributed by atoms with Crippen molar-refractivity contribution in [1.82, 2.24) is 4.57 Å². The van der Waals surface area contributed by atoms with Gasteiger partial charge >= 0.3 is 0 Å². The van der Waals surface area contributed by atoms with Gasteiger partial charge in [0.2, 0.25) is 0 Å². The Labute approximate surface area is 443 Å². The molecule has 0 spiro atoms. The second-order valence-corrected chi connectivity index (χ2v) is 19.7. The minimum atomic E-state index is 1.07. The molecule has 2 heteroatoms. The number of hydrogen-bond acceptors (Lipinski definition) is 1. The number of nitrogens with zero attached hydrogens (tertiary/aromatic N) is 2. The molecule has 1 heterocycles. The highest BCUT2D eigenvalue weighted by atomic mass is 15.1. The molecule has 0 atom stereocenters. The fourth-order valence-electron chi connectivity index (χ4n) is 11.4. The van der Waals surface area contributed by atoms with Gasteiger partial charge in [0.05, 0.1) is 11.0 Å². The van der Waals surface area contributed by atoms with Crippen LogP contribution in [0.15, 0.2) is 303 Å². The lowest BCUT2D eigenvalue weighted by Gasteiger charge is -2.26. The zero-order valence-corrected chi connectivity index (χ0v) is 41.8. The van der Waals surface area contributed by atoms with Crippen LogP contribution < -0.4 is 4.90 Å². The molecule has 0 bridgehead atoms. The van der Waals surface area contributed by atoms with Crippen molar-refractivity contribution >= 4 is 60.4 Å². The van der Waals surface area contributed by atoms with E-state index in [1.54, 1.807) is 0 Å². The van der Waals surface area contributed by atoms with E-state index in [9.17, 15) is 0 Å². The zero-order valence-electron chi connectivity index (χ0n) is 41.8. The molecule has 1 aromatic heterocycles. The first-order valence-electron chi connectivity index (χ1n) is 26.1. The Balaban J connectivity index is 0.923. The van der Waals surface area contributed by atoms with Gasteiger partial charge in [-0.2, -0.15) is 0 Å². The van der Waals surface area contributed by atoms with Gasteiger partial charge in [0.1, 0.15) is 0 Å². The lowest BCUT2D eigenvalue weighted by molar-refractivity contribution is 1.18. The minimum absolute atomic E-state index is 1.07. The van der Waals surface area contributed by atoms with E-state index in [-0.39, 0.29) is 0 Å². The third-order valence-electron chi connectivity index (χ3n) is 15.2. The van der Waals surface area contributed by atoms with Crippen molar-refractivity contribution in [2.45, 2.75) is 0 Å². The van der Waals surface area contributed by atoms with Gasteiger partial charge in [-0.25, -0.2) is 0 Å². The highest BCUT2D eigenvalue weighted by molar-refractivity contribution is 6.18. The molecule has 0 aliphatic heterocycles. The highest BCUT2D eigenvalue weighted by Crippen LogP contribution is 2.45. The summed E-state index contributed by atoms with van der Waals surface area (Å²) in [7, 11) is 0. The first-order chi connectivity index (χ1) is 37.7. The number of para-hydroxylation sites is 1. The standard InChI is InChI=1S/C74H50N2/c1-5-16-51(17-6-1)54-28-30-55(31-29-54)56-34-40-65(41-35-56)75(66-42-36-57(37-43-66)59-38-44-69-62(46-59)33-32-58-22-13-14-27-68(58)69)67-26-15-23-61(47-67)71-48-63(53-20-9-3-10-21-53)50-73-74(71)70-45-39-60(52-18-7-2-8-19-52)49-72(70)76(73)64-24-11-4-12-25-64/h1-50H. The first kappa shape index (κ1) is 44.7. The smallest absolute Gasteiger partial charge is 0.0553 e. The van der Waals surface area contributed by atoms with Crippen LogP contribution in [0.2, 0.25) is 0 Å². The number of hydrogen-bond donors (Lipinski definition) is 0. The number of aromatic nitrogens is 1. The summed E-state index contributed by atoms with van der Waals surface area (Å²) in [4.78, 5) is 2.40. The Kier molecular flexibility index (Phi) is 11.2. The summed E-state index contributed by atoms with van der Waals surface area (Å²) in [6, 6.07) is 111. The summed E-state index contributed by atoms with van der Waals surface area (Å²) >= 11 is 0. The van der Waals surface area contributed by atoms with E-state index in [0.717, 1.165) is 33.8 Å². The SMILES string of the molecule is c1ccc(-c2ccc(-c3ccc(N(c4ccc(-c5ccc6c(ccc7ccccc76)c5)cc4)c4cccc(-c5cc(-c6ccccc6)cc6c5c5ccc(-c7ccccc7)cc5n6-c5ccccc5)c4)cc3)cc2)cc1. The second-order valence-electron chi connectivity index (χ2n) is 19.7. The van der Waals surface area contributed by atoms with Crippen molar-refractivity contribution in [3.63, 3.8) is 0 Å². The molecule has 0 saturated heterocycles. The monoisotopic (exact) mass is 966 g/mol. The van der Waals surface area contributed by atoms with Crippen molar-refractivity contribution in [1.29, 1.82) is 0 Å². The summed E-state index contributed by atoms with van der Waals surface area (Å²) in [5, 5.41) is 7.48. The van der Waals surface area contributed by atoms with Gasteiger partial charge in [-0.3, -0.25) is 0 Å². The first-order valence-corrected chi connectivity index (χ1v) is 26.1. The van der Waals surface area contributed by atoms with Crippen LogP contribution in [-0.4, -0.2) is 4.57 Å². The third kappa shape index (κ3) is 8.19. The number of anilines is 3. The maximum absolute atomic E-state index is 2.46. The van der Waals surface area contributed by atoms with E-state index in [1.165, 1.54) is 99.0 Å². The summed E-state index contributed by atoms with van der Waals surface area (Å²) in [5.41, 5.74) is 20.9. The third-order valence-corrected chi connectivity index (χ3v) is 15.2. The molecule has 0 unspecified atom stereocenters. The van der Waals surface area contributed by atoms with E-state index < -0.39 is 0 Å². The second kappa shape index (κ2) is 19.1. The summed E-state index contributed by atoms with van der Waals surface area (Å²) in [5.74, 6) is 0. The topological polar surface area (TPSA) is 8.17 Å². The molecule has 14 aromatic rings. The zero-order chi connectivity index (χ0) is 50.4. The molecule has 0 saturated carbocycles. The summed E-state index contributed by atoms with van der Waals surface area (Å²) < 4.78 is 2.46. The van der Waals surface area contributed by atoms with Crippen molar-refractivity contribution in [2.24, 2.45) is 0 Å². The van der Waals surface area contributed by atoms with E-state index in [0.29, 0.717) is 0 Å². The van der Waals surface area contributed by atoms with Crippen molar-refractivity contribution in [3.05, 3.63) is 303 Å². The lowest BCUT2D eigenvalue weighted by Crippen LogP contribution is -2.10. The Morgan fingerprint density at radius 2 is 0.658 bits per heavy atom. The number of fused-ring (bicyclic) bond motifs is 6. The molecule has 14 rings (SSSR count). The summed E-state index contributed by atoms with van der Waals surface area (Å²) in [6.07, 6.45) is 0. The van der Waals surface area contributed by atoms with Gasteiger partial charge in [-0.1, -0.05) is 231 Å². The average Bonchev–Trinajstić information content (AvgIpc) is 3.85.